The monoisotopic (exact) mass is 458 g/mol. The van der Waals surface area contributed by atoms with E-state index in [1.165, 1.54) is 18.2 Å². The number of aromatic nitrogens is 2. The highest BCUT2D eigenvalue weighted by atomic mass is 32.2. The van der Waals surface area contributed by atoms with Crippen LogP contribution in [0.3, 0.4) is 0 Å². The molecule has 5 rings (SSSR count). The van der Waals surface area contributed by atoms with Crippen molar-refractivity contribution < 1.29 is 9.53 Å². The number of aliphatic imine (C=N–C) groups is 1. The third-order valence-electron chi connectivity index (χ3n) is 5.93. The first-order valence-corrected chi connectivity index (χ1v) is 12.0. The molecular formula is C26H26N4O2S. The Labute approximate surface area is 198 Å². The number of piperidine rings is 1. The molecular weight excluding hydrogens is 432 g/mol. The summed E-state index contributed by atoms with van der Waals surface area (Å²) in [6, 6.07) is 17.8. The maximum atomic E-state index is 12.8. The van der Waals surface area contributed by atoms with Crippen molar-refractivity contribution in [3.8, 4) is 22.7 Å². The topological polar surface area (TPSA) is 59.7 Å². The Morgan fingerprint density at radius 1 is 1.15 bits per heavy atom. The molecule has 168 valence electrons. The number of amides is 1. The van der Waals surface area contributed by atoms with E-state index >= 15 is 0 Å². The summed E-state index contributed by atoms with van der Waals surface area (Å²) in [6.07, 6.45) is 6.25. The van der Waals surface area contributed by atoms with Gasteiger partial charge in [-0.15, -0.1) is 0 Å². The number of thioether (sulfide) groups is 1. The molecule has 3 aromatic rings. The number of hydrogen-bond acceptors (Lipinski definition) is 5. The van der Waals surface area contributed by atoms with E-state index in [2.05, 4.69) is 16.8 Å². The Kier molecular flexibility index (Phi) is 6.05. The van der Waals surface area contributed by atoms with Crippen LogP contribution in [0, 0.1) is 5.92 Å². The summed E-state index contributed by atoms with van der Waals surface area (Å²) in [4.78, 5) is 20.0. The molecule has 1 unspecified atom stereocenters. The maximum absolute atomic E-state index is 12.8. The van der Waals surface area contributed by atoms with Crippen LogP contribution < -0.4 is 4.74 Å². The van der Waals surface area contributed by atoms with Gasteiger partial charge in [-0.1, -0.05) is 37.3 Å². The Balaban J connectivity index is 1.51. The minimum atomic E-state index is -0.183. The predicted molar refractivity (Wildman–Crippen MR) is 134 cm³/mol. The number of carbonyl (C=O) groups excluding carboxylic acids is 1. The van der Waals surface area contributed by atoms with Gasteiger partial charge >= 0.3 is 0 Å². The second-order valence-corrected chi connectivity index (χ2v) is 9.46. The van der Waals surface area contributed by atoms with Gasteiger partial charge in [-0.05, 0) is 60.9 Å². The number of amidine groups is 1. The largest absolute Gasteiger partial charge is 0.497 e. The summed E-state index contributed by atoms with van der Waals surface area (Å²) in [5, 5.41) is 5.68. The van der Waals surface area contributed by atoms with Crippen LogP contribution in [0.2, 0.25) is 0 Å². The predicted octanol–water partition coefficient (Wildman–Crippen LogP) is 5.25. The molecule has 0 spiro atoms. The van der Waals surface area contributed by atoms with Crippen molar-refractivity contribution in [3.63, 3.8) is 0 Å². The van der Waals surface area contributed by atoms with E-state index in [0.29, 0.717) is 10.8 Å². The molecule has 6 nitrogen and oxygen atoms in total. The molecule has 1 fully saturated rings. The lowest BCUT2D eigenvalue weighted by molar-refractivity contribution is -0.113. The van der Waals surface area contributed by atoms with Gasteiger partial charge in [-0.2, -0.15) is 10.1 Å². The van der Waals surface area contributed by atoms with Gasteiger partial charge in [-0.25, -0.2) is 4.68 Å². The number of likely N-dealkylation sites (tertiary alicyclic amines) is 1. The van der Waals surface area contributed by atoms with E-state index < -0.39 is 0 Å². The van der Waals surface area contributed by atoms with Gasteiger partial charge < -0.3 is 9.64 Å². The van der Waals surface area contributed by atoms with Crippen molar-refractivity contribution >= 4 is 28.9 Å². The number of ether oxygens (including phenoxy) is 1. The van der Waals surface area contributed by atoms with Crippen LogP contribution >= 0.6 is 11.8 Å². The molecule has 1 atom stereocenters. The molecule has 2 aromatic carbocycles. The third kappa shape index (κ3) is 4.59. The summed E-state index contributed by atoms with van der Waals surface area (Å²) < 4.78 is 7.26. The number of benzene rings is 2. The van der Waals surface area contributed by atoms with Gasteiger partial charge in [-0.3, -0.25) is 4.79 Å². The summed E-state index contributed by atoms with van der Waals surface area (Å²) in [5.41, 5.74) is 3.54. The fraction of sp³-hybridized carbons (Fsp3) is 0.269. The molecule has 0 bridgehead atoms. The van der Waals surface area contributed by atoms with Crippen LogP contribution in [0.25, 0.3) is 23.0 Å². The van der Waals surface area contributed by atoms with Crippen LogP contribution in [0.4, 0.5) is 0 Å². The highest BCUT2D eigenvalue weighted by Crippen LogP contribution is 2.35. The number of nitrogens with zero attached hydrogens (tertiary/aromatic N) is 4. The molecule has 0 saturated carbocycles. The average molecular weight is 459 g/mol. The van der Waals surface area contributed by atoms with Gasteiger partial charge in [0.1, 0.15) is 11.4 Å². The zero-order valence-corrected chi connectivity index (χ0v) is 19.6. The van der Waals surface area contributed by atoms with Gasteiger partial charge in [0, 0.05) is 30.4 Å². The van der Waals surface area contributed by atoms with E-state index in [1.54, 1.807) is 7.11 Å². The number of rotatable bonds is 4. The Morgan fingerprint density at radius 3 is 2.79 bits per heavy atom. The fourth-order valence-corrected chi connectivity index (χ4v) is 5.18. The molecule has 0 N–H and O–H groups in total. The molecule has 3 heterocycles. The number of methoxy groups -OCH3 is 1. The first kappa shape index (κ1) is 21.5. The highest BCUT2D eigenvalue weighted by Gasteiger charge is 2.29. The first-order valence-electron chi connectivity index (χ1n) is 11.2. The standard InChI is InChI=1S/C26H26N4O2S/c1-18-8-7-13-29(16-18)26-27-25(31)23(33-26)15-20-17-30(21-10-4-3-5-11-21)28-24(20)19-9-6-12-22(14-19)32-2/h3-6,9-12,14-15,17-18H,7-8,13,16H2,1-2H3/b23-15-. The molecule has 33 heavy (non-hydrogen) atoms. The SMILES string of the molecule is COc1cccc(-c2nn(-c3ccccc3)cc2/C=C2\SC(N3CCCC(C)C3)=NC2=O)c1. The van der Waals surface area contributed by atoms with E-state index in [1.807, 2.05) is 71.6 Å². The molecule has 1 amide bonds. The van der Waals surface area contributed by atoms with Crippen molar-refractivity contribution in [2.75, 3.05) is 20.2 Å². The summed E-state index contributed by atoms with van der Waals surface area (Å²) in [7, 11) is 1.65. The summed E-state index contributed by atoms with van der Waals surface area (Å²) in [6.45, 7) is 4.16. The van der Waals surface area contributed by atoms with E-state index in [-0.39, 0.29) is 5.91 Å². The minimum absolute atomic E-state index is 0.183. The van der Waals surface area contributed by atoms with Crippen LogP contribution in [0.5, 0.6) is 5.75 Å². The van der Waals surface area contributed by atoms with Crippen molar-refractivity contribution in [2.24, 2.45) is 10.9 Å². The highest BCUT2D eigenvalue weighted by molar-refractivity contribution is 8.18. The third-order valence-corrected chi connectivity index (χ3v) is 6.97. The Hall–Kier alpha value is -3.32. The number of hydrogen-bond donors (Lipinski definition) is 0. The zero-order valence-electron chi connectivity index (χ0n) is 18.8. The quantitative estimate of drug-likeness (QED) is 0.500. The second-order valence-electron chi connectivity index (χ2n) is 8.45. The average Bonchev–Trinajstić information content (AvgIpc) is 3.44. The van der Waals surface area contributed by atoms with Crippen LogP contribution in [-0.2, 0) is 4.79 Å². The smallest absolute Gasteiger partial charge is 0.286 e. The maximum Gasteiger partial charge on any atom is 0.286 e. The van der Waals surface area contributed by atoms with E-state index in [4.69, 9.17) is 9.84 Å². The summed E-state index contributed by atoms with van der Waals surface area (Å²) in [5.74, 6) is 1.20. The number of carbonyl (C=O) groups is 1. The normalized spacial score (nSPS) is 19.8. The first-order chi connectivity index (χ1) is 16.1. The van der Waals surface area contributed by atoms with Crippen molar-refractivity contribution in [3.05, 3.63) is 71.3 Å². The molecule has 1 aromatic heterocycles. The molecule has 0 radical (unpaired) electrons. The second kappa shape index (κ2) is 9.27. The Bertz CT molecular complexity index is 1230. The van der Waals surface area contributed by atoms with Crippen LogP contribution in [-0.4, -0.2) is 46.0 Å². The van der Waals surface area contributed by atoms with E-state index in [9.17, 15) is 4.79 Å². The van der Waals surface area contributed by atoms with Gasteiger partial charge in [0.05, 0.1) is 17.7 Å². The molecule has 7 heteroatoms. The van der Waals surface area contributed by atoms with Crippen molar-refractivity contribution in [1.82, 2.24) is 14.7 Å². The molecule has 2 aliphatic heterocycles. The lowest BCUT2D eigenvalue weighted by atomic mass is 10.0. The summed E-state index contributed by atoms with van der Waals surface area (Å²) >= 11 is 1.46. The van der Waals surface area contributed by atoms with Gasteiger partial charge in [0.25, 0.3) is 5.91 Å². The van der Waals surface area contributed by atoms with Crippen LogP contribution in [0.15, 0.2) is 70.7 Å². The lowest BCUT2D eigenvalue weighted by Gasteiger charge is -2.31. The van der Waals surface area contributed by atoms with Crippen molar-refractivity contribution in [1.29, 1.82) is 0 Å². The minimum Gasteiger partial charge on any atom is -0.497 e. The molecule has 1 saturated heterocycles. The fourth-order valence-electron chi connectivity index (χ4n) is 4.24. The lowest BCUT2D eigenvalue weighted by Crippen LogP contribution is -2.37. The molecule has 0 aliphatic carbocycles. The van der Waals surface area contributed by atoms with Crippen molar-refractivity contribution in [2.45, 2.75) is 19.8 Å². The molecule has 2 aliphatic rings. The van der Waals surface area contributed by atoms with Crippen LogP contribution in [0.1, 0.15) is 25.3 Å². The zero-order chi connectivity index (χ0) is 22.8. The van der Waals surface area contributed by atoms with E-state index in [0.717, 1.165) is 52.9 Å². The van der Waals surface area contributed by atoms with Gasteiger partial charge in [0.15, 0.2) is 5.17 Å². The van der Waals surface area contributed by atoms with Gasteiger partial charge in [0.2, 0.25) is 0 Å². The Morgan fingerprint density at radius 2 is 2.00 bits per heavy atom. The number of para-hydroxylation sites is 1.